The maximum absolute atomic E-state index is 8.37. The summed E-state index contributed by atoms with van der Waals surface area (Å²) in [4.78, 5) is 0. The first kappa shape index (κ1) is 11.5. The molecule has 0 saturated heterocycles. The van der Waals surface area contributed by atoms with Gasteiger partial charge in [0.2, 0.25) is 0 Å². The van der Waals surface area contributed by atoms with E-state index in [-0.39, 0.29) is 6.04 Å². The van der Waals surface area contributed by atoms with Crippen molar-refractivity contribution in [2.75, 3.05) is 6.61 Å². The number of nitrogens with zero attached hydrogens (tertiary/aromatic N) is 1. The second-order valence-electron chi connectivity index (χ2n) is 3.48. The van der Waals surface area contributed by atoms with Gasteiger partial charge in [-0.15, -0.1) is 0 Å². The van der Waals surface area contributed by atoms with Crippen molar-refractivity contribution in [3.05, 3.63) is 35.9 Å². The summed E-state index contributed by atoms with van der Waals surface area (Å²) in [6.45, 7) is 3.28. The Labute approximate surface area is 90.7 Å². The standard InChI is InChI=1S/C12H16N2O/c1-11(14-10-13)7-8-15-9-12-5-3-2-4-6-12/h2-6,11,14H,7-9H2,1H3. The van der Waals surface area contributed by atoms with Crippen LogP contribution in [0.4, 0.5) is 0 Å². The highest BCUT2D eigenvalue weighted by atomic mass is 16.5. The third-order valence-electron chi connectivity index (χ3n) is 2.12. The summed E-state index contributed by atoms with van der Waals surface area (Å²) in [6.07, 6.45) is 2.77. The molecule has 0 aromatic heterocycles. The van der Waals surface area contributed by atoms with Crippen LogP contribution in [0.1, 0.15) is 18.9 Å². The lowest BCUT2D eigenvalue weighted by atomic mass is 10.2. The van der Waals surface area contributed by atoms with Gasteiger partial charge in [-0.25, -0.2) is 0 Å². The highest BCUT2D eigenvalue weighted by Crippen LogP contribution is 2.01. The van der Waals surface area contributed by atoms with E-state index < -0.39 is 0 Å². The highest BCUT2D eigenvalue weighted by Gasteiger charge is 1.99. The number of hydrogen-bond acceptors (Lipinski definition) is 3. The summed E-state index contributed by atoms with van der Waals surface area (Å²) in [5, 5.41) is 11.0. The van der Waals surface area contributed by atoms with E-state index in [1.54, 1.807) is 0 Å². The number of benzene rings is 1. The first-order valence-electron chi connectivity index (χ1n) is 5.09. The third kappa shape index (κ3) is 5.04. The van der Waals surface area contributed by atoms with Crippen molar-refractivity contribution >= 4 is 0 Å². The maximum atomic E-state index is 8.37. The second kappa shape index (κ2) is 6.86. The monoisotopic (exact) mass is 204 g/mol. The van der Waals surface area contributed by atoms with E-state index in [2.05, 4.69) is 5.32 Å². The lowest BCUT2D eigenvalue weighted by Gasteiger charge is -2.09. The molecule has 1 unspecified atom stereocenters. The van der Waals surface area contributed by atoms with Crippen LogP contribution >= 0.6 is 0 Å². The normalized spacial score (nSPS) is 11.7. The fourth-order valence-corrected chi connectivity index (χ4v) is 1.21. The van der Waals surface area contributed by atoms with Crippen molar-refractivity contribution in [2.45, 2.75) is 26.0 Å². The van der Waals surface area contributed by atoms with Crippen molar-refractivity contribution in [1.82, 2.24) is 5.32 Å². The number of nitrogens with one attached hydrogen (secondary N) is 1. The molecule has 0 amide bonds. The molecule has 0 bridgehead atoms. The largest absolute Gasteiger partial charge is 0.377 e. The van der Waals surface area contributed by atoms with Crippen molar-refractivity contribution in [3.8, 4) is 6.19 Å². The minimum atomic E-state index is 0.186. The smallest absolute Gasteiger partial charge is 0.176 e. The molecule has 0 aliphatic heterocycles. The average molecular weight is 204 g/mol. The molecule has 1 atom stereocenters. The molecule has 1 aromatic rings. The molecule has 80 valence electrons. The van der Waals surface area contributed by atoms with Gasteiger partial charge in [0.15, 0.2) is 6.19 Å². The minimum Gasteiger partial charge on any atom is -0.377 e. The van der Waals surface area contributed by atoms with E-state index in [9.17, 15) is 0 Å². The molecule has 0 radical (unpaired) electrons. The second-order valence-corrected chi connectivity index (χ2v) is 3.48. The van der Waals surface area contributed by atoms with Crippen molar-refractivity contribution < 1.29 is 4.74 Å². The fraction of sp³-hybridized carbons (Fsp3) is 0.417. The quantitative estimate of drug-likeness (QED) is 0.438. The molecule has 1 aromatic carbocycles. The predicted molar refractivity (Wildman–Crippen MR) is 58.9 cm³/mol. The Morgan fingerprint density at radius 1 is 1.40 bits per heavy atom. The Kier molecular flexibility index (Phi) is 5.28. The predicted octanol–water partition coefficient (Wildman–Crippen LogP) is 2.05. The number of hydrogen-bond donors (Lipinski definition) is 1. The molecule has 1 N–H and O–H groups in total. The molecular weight excluding hydrogens is 188 g/mol. The molecule has 15 heavy (non-hydrogen) atoms. The lowest BCUT2D eigenvalue weighted by molar-refractivity contribution is 0.113. The summed E-state index contributed by atoms with van der Waals surface area (Å²) < 4.78 is 5.49. The van der Waals surface area contributed by atoms with Crippen LogP contribution < -0.4 is 5.32 Å². The number of rotatable bonds is 6. The van der Waals surface area contributed by atoms with Crippen LogP contribution in [0.5, 0.6) is 0 Å². The van der Waals surface area contributed by atoms with E-state index in [1.165, 1.54) is 5.56 Å². The van der Waals surface area contributed by atoms with E-state index in [4.69, 9.17) is 10.00 Å². The zero-order valence-electron chi connectivity index (χ0n) is 8.94. The SMILES string of the molecule is CC(CCOCc1ccccc1)NC#N. The zero-order valence-corrected chi connectivity index (χ0v) is 8.94. The van der Waals surface area contributed by atoms with Crippen molar-refractivity contribution in [3.63, 3.8) is 0 Å². The highest BCUT2D eigenvalue weighted by molar-refractivity contribution is 5.13. The van der Waals surface area contributed by atoms with Crippen LogP contribution in [-0.4, -0.2) is 12.6 Å². The Morgan fingerprint density at radius 3 is 2.80 bits per heavy atom. The number of nitriles is 1. The first-order valence-corrected chi connectivity index (χ1v) is 5.09. The Balaban J connectivity index is 2.10. The Morgan fingerprint density at radius 2 is 2.13 bits per heavy atom. The van der Waals surface area contributed by atoms with Crippen LogP contribution in [0.15, 0.2) is 30.3 Å². The van der Waals surface area contributed by atoms with Crippen LogP contribution in [0, 0.1) is 11.5 Å². The summed E-state index contributed by atoms with van der Waals surface area (Å²) in [7, 11) is 0. The van der Waals surface area contributed by atoms with Gasteiger partial charge in [-0.3, -0.25) is 0 Å². The fourth-order valence-electron chi connectivity index (χ4n) is 1.21. The van der Waals surface area contributed by atoms with Gasteiger partial charge >= 0.3 is 0 Å². The van der Waals surface area contributed by atoms with Crippen molar-refractivity contribution in [1.29, 1.82) is 5.26 Å². The van der Waals surface area contributed by atoms with Gasteiger partial charge in [-0.1, -0.05) is 30.3 Å². The molecule has 3 heteroatoms. The van der Waals surface area contributed by atoms with E-state index in [0.717, 1.165) is 6.42 Å². The molecule has 0 fully saturated rings. The molecule has 0 saturated carbocycles. The Bertz CT molecular complexity index is 305. The van der Waals surface area contributed by atoms with Gasteiger partial charge in [-0.05, 0) is 18.9 Å². The summed E-state index contributed by atoms with van der Waals surface area (Å²) >= 11 is 0. The van der Waals surface area contributed by atoms with Gasteiger partial charge in [0.1, 0.15) is 0 Å². The molecule has 1 rings (SSSR count). The zero-order chi connectivity index (χ0) is 10.9. The third-order valence-corrected chi connectivity index (χ3v) is 2.12. The van der Waals surface area contributed by atoms with E-state index in [0.29, 0.717) is 13.2 Å². The molecule has 0 spiro atoms. The summed E-state index contributed by atoms with van der Waals surface area (Å²) in [5.41, 5.74) is 1.18. The van der Waals surface area contributed by atoms with Crippen LogP contribution in [-0.2, 0) is 11.3 Å². The minimum absolute atomic E-state index is 0.186. The van der Waals surface area contributed by atoms with Gasteiger partial charge in [0.25, 0.3) is 0 Å². The lowest BCUT2D eigenvalue weighted by Crippen LogP contribution is -2.22. The van der Waals surface area contributed by atoms with Gasteiger partial charge < -0.3 is 10.1 Å². The van der Waals surface area contributed by atoms with Crippen LogP contribution in [0.2, 0.25) is 0 Å². The van der Waals surface area contributed by atoms with Gasteiger partial charge in [-0.2, -0.15) is 5.26 Å². The van der Waals surface area contributed by atoms with E-state index >= 15 is 0 Å². The molecule has 0 aliphatic carbocycles. The van der Waals surface area contributed by atoms with Crippen LogP contribution in [0.25, 0.3) is 0 Å². The Hall–Kier alpha value is -1.53. The topological polar surface area (TPSA) is 45.0 Å². The number of ether oxygens (including phenoxy) is 1. The molecule has 3 nitrogen and oxygen atoms in total. The van der Waals surface area contributed by atoms with Crippen LogP contribution in [0.3, 0.4) is 0 Å². The molecule has 0 heterocycles. The van der Waals surface area contributed by atoms with E-state index in [1.807, 2.05) is 43.4 Å². The average Bonchev–Trinajstić information content (AvgIpc) is 2.26. The molecule has 0 aliphatic rings. The first-order chi connectivity index (χ1) is 7.33. The van der Waals surface area contributed by atoms with Gasteiger partial charge in [0, 0.05) is 12.6 Å². The van der Waals surface area contributed by atoms with Crippen molar-refractivity contribution in [2.24, 2.45) is 0 Å². The maximum Gasteiger partial charge on any atom is 0.176 e. The molecular formula is C12H16N2O. The summed E-state index contributed by atoms with van der Waals surface area (Å²) in [6, 6.07) is 10.2. The summed E-state index contributed by atoms with van der Waals surface area (Å²) in [5.74, 6) is 0. The van der Waals surface area contributed by atoms with Gasteiger partial charge in [0.05, 0.1) is 6.61 Å².